The zero-order chi connectivity index (χ0) is 25.9. The van der Waals surface area contributed by atoms with E-state index >= 15 is 4.39 Å². The first-order chi connectivity index (χ1) is 18.0. The fraction of sp³-hybridized carbons (Fsp3) is 0.241. The molecule has 0 aliphatic carbocycles. The molecular weight excluding hydrogens is 492 g/mol. The Bertz CT molecular complexity index is 1490. The standard InChI is InChI=1S/C29H27F2N3O2S/c1-18-23(14-19-8-3-4-11-24(19)30)29-34(21(17-37-29)16-32-15-20-9-5-6-13-33-20)28(35)26(18)22-10-7-12-25(36-2)27(22)31/h3-13,21,32H,14-17H2,1-2H3. The number of hydrogen-bond donors (Lipinski definition) is 1. The molecule has 37 heavy (non-hydrogen) atoms. The topological polar surface area (TPSA) is 56.1 Å². The molecule has 2 aromatic carbocycles. The number of pyridine rings is 2. The van der Waals surface area contributed by atoms with Crippen LogP contribution in [0.25, 0.3) is 11.1 Å². The molecular formula is C29H27F2N3O2S. The molecule has 0 spiro atoms. The van der Waals surface area contributed by atoms with E-state index in [1.807, 2.05) is 25.1 Å². The summed E-state index contributed by atoms with van der Waals surface area (Å²) in [6, 6.07) is 17.0. The first-order valence-corrected chi connectivity index (χ1v) is 13.1. The molecule has 1 aliphatic rings. The highest BCUT2D eigenvalue weighted by Gasteiger charge is 2.31. The molecule has 2 aromatic heterocycles. The third-order valence-electron chi connectivity index (χ3n) is 6.70. The lowest BCUT2D eigenvalue weighted by atomic mass is 9.94. The summed E-state index contributed by atoms with van der Waals surface area (Å²) in [7, 11) is 1.40. The van der Waals surface area contributed by atoms with Gasteiger partial charge in [0.2, 0.25) is 0 Å². The van der Waals surface area contributed by atoms with E-state index in [4.69, 9.17) is 4.74 Å². The van der Waals surface area contributed by atoms with Crippen LogP contribution >= 0.6 is 11.8 Å². The SMILES string of the molecule is COc1cccc(-c2c(C)c(Cc3ccccc3F)c3n(c2=O)C(CNCc2ccccn2)CS3)c1F. The summed E-state index contributed by atoms with van der Waals surface area (Å²) in [5, 5.41) is 4.21. The third kappa shape index (κ3) is 4.91. The van der Waals surface area contributed by atoms with Crippen molar-refractivity contribution >= 4 is 11.8 Å². The van der Waals surface area contributed by atoms with Crippen molar-refractivity contribution in [1.29, 1.82) is 0 Å². The number of ether oxygens (including phenoxy) is 1. The van der Waals surface area contributed by atoms with Crippen LogP contribution in [0, 0.1) is 18.6 Å². The fourth-order valence-corrected chi connectivity index (χ4v) is 6.19. The lowest BCUT2D eigenvalue weighted by Gasteiger charge is -2.21. The maximum absolute atomic E-state index is 15.4. The zero-order valence-corrected chi connectivity index (χ0v) is 21.4. The maximum atomic E-state index is 15.4. The molecule has 0 saturated carbocycles. The number of rotatable bonds is 8. The van der Waals surface area contributed by atoms with E-state index in [2.05, 4.69) is 10.3 Å². The Morgan fingerprint density at radius 3 is 2.68 bits per heavy atom. The lowest BCUT2D eigenvalue weighted by molar-refractivity contribution is 0.387. The van der Waals surface area contributed by atoms with Gasteiger partial charge in [-0.05, 0) is 47.9 Å². The number of hydrogen-bond acceptors (Lipinski definition) is 5. The number of nitrogens with zero attached hydrogens (tertiary/aromatic N) is 2. The van der Waals surface area contributed by atoms with Crippen molar-refractivity contribution < 1.29 is 13.5 Å². The molecule has 0 bridgehead atoms. The monoisotopic (exact) mass is 519 g/mol. The summed E-state index contributed by atoms with van der Waals surface area (Å²) in [6.45, 7) is 2.93. The molecule has 1 unspecified atom stereocenters. The van der Waals surface area contributed by atoms with Crippen molar-refractivity contribution in [2.45, 2.75) is 31.0 Å². The molecule has 5 nitrogen and oxygen atoms in total. The number of nitrogens with one attached hydrogen (secondary N) is 1. The molecule has 0 saturated heterocycles. The molecule has 1 aliphatic heterocycles. The first kappa shape index (κ1) is 25.2. The fourth-order valence-electron chi connectivity index (χ4n) is 4.81. The molecule has 5 rings (SSSR count). The van der Waals surface area contributed by atoms with Gasteiger partial charge in [0.1, 0.15) is 5.82 Å². The Morgan fingerprint density at radius 1 is 1.11 bits per heavy atom. The van der Waals surface area contributed by atoms with Gasteiger partial charge in [0, 0.05) is 37.0 Å². The Labute approximate surface area is 218 Å². The van der Waals surface area contributed by atoms with Gasteiger partial charge in [0.15, 0.2) is 11.6 Å². The Balaban J connectivity index is 1.60. The predicted octanol–water partition coefficient (Wildman–Crippen LogP) is 5.53. The number of halogens is 2. The summed E-state index contributed by atoms with van der Waals surface area (Å²) in [5.41, 5.74) is 3.13. The summed E-state index contributed by atoms with van der Waals surface area (Å²) >= 11 is 1.58. The highest BCUT2D eigenvalue weighted by atomic mass is 32.2. The molecule has 0 fully saturated rings. The third-order valence-corrected chi connectivity index (χ3v) is 7.97. The van der Waals surface area contributed by atoms with Gasteiger partial charge < -0.3 is 10.1 Å². The van der Waals surface area contributed by atoms with Crippen molar-refractivity contribution in [3.05, 3.63) is 111 Å². The highest BCUT2D eigenvalue weighted by molar-refractivity contribution is 7.99. The minimum Gasteiger partial charge on any atom is -0.494 e. The molecule has 1 atom stereocenters. The smallest absolute Gasteiger partial charge is 0.260 e. The van der Waals surface area contributed by atoms with E-state index in [0.717, 1.165) is 16.3 Å². The van der Waals surface area contributed by atoms with Crippen LogP contribution in [0.5, 0.6) is 5.75 Å². The Hall–Kier alpha value is -3.49. The molecule has 0 amide bonds. The minimum atomic E-state index is -0.585. The van der Waals surface area contributed by atoms with E-state index in [1.54, 1.807) is 52.9 Å². The van der Waals surface area contributed by atoms with Crippen LogP contribution in [0.3, 0.4) is 0 Å². The van der Waals surface area contributed by atoms with Crippen molar-refractivity contribution in [2.24, 2.45) is 0 Å². The van der Waals surface area contributed by atoms with Gasteiger partial charge in [-0.1, -0.05) is 36.4 Å². The van der Waals surface area contributed by atoms with E-state index in [1.165, 1.54) is 19.2 Å². The summed E-state index contributed by atoms with van der Waals surface area (Å²) < 4.78 is 37.0. The van der Waals surface area contributed by atoms with E-state index < -0.39 is 5.82 Å². The second-order valence-corrected chi connectivity index (χ2v) is 9.97. The number of fused-ring (bicyclic) bond motifs is 1. The summed E-state index contributed by atoms with van der Waals surface area (Å²) in [4.78, 5) is 18.3. The summed E-state index contributed by atoms with van der Waals surface area (Å²) in [6.07, 6.45) is 2.04. The quantitative estimate of drug-likeness (QED) is 0.332. The average Bonchev–Trinajstić information content (AvgIpc) is 3.33. The van der Waals surface area contributed by atoms with Crippen LogP contribution in [-0.2, 0) is 13.0 Å². The van der Waals surface area contributed by atoms with Gasteiger partial charge in [0.25, 0.3) is 5.56 Å². The van der Waals surface area contributed by atoms with Crippen molar-refractivity contribution in [3.8, 4) is 16.9 Å². The number of thioether (sulfide) groups is 1. The predicted molar refractivity (Wildman–Crippen MR) is 142 cm³/mol. The second kappa shape index (κ2) is 10.9. The van der Waals surface area contributed by atoms with Crippen LogP contribution in [0.1, 0.15) is 28.4 Å². The summed E-state index contributed by atoms with van der Waals surface area (Å²) in [5.74, 6) is -0.144. The molecule has 0 radical (unpaired) electrons. The first-order valence-electron chi connectivity index (χ1n) is 12.1. The van der Waals surface area contributed by atoms with E-state index in [9.17, 15) is 9.18 Å². The van der Waals surface area contributed by atoms with Gasteiger partial charge in [-0.15, -0.1) is 11.8 Å². The van der Waals surface area contributed by atoms with Gasteiger partial charge >= 0.3 is 0 Å². The molecule has 190 valence electrons. The zero-order valence-electron chi connectivity index (χ0n) is 20.6. The van der Waals surface area contributed by atoms with Gasteiger partial charge in [-0.2, -0.15) is 0 Å². The number of aromatic nitrogens is 2. The van der Waals surface area contributed by atoms with Crippen LogP contribution < -0.4 is 15.6 Å². The molecule has 1 N–H and O–H groups in total. The Morgan fingerprint density at radius 2 is 1.92 bits per heavy atom. The average molecular weight is 520 g/mol. The number of benzene rings is 2. The number of methoxy groups -OCH3 is 1. The largest absolute Gasteiger partial charge is 0.494 e. The highest BCUT2D eigenvalue weighted by Crippen LogP contribution is 2.40. The van der Waals surface area contributed by atoms with Crippen LogP contribution in [0.15, 0.2) is 76.7 Å². The van der Waals surface area contributed by atoms with Gasteiger partial charge in [-0.3, -0.25) is 14.3 Å². The molecule has 4 aromatic rings. The second-order valence-electron chi connectivity index (χ2n) is 8.97. The van der Waals surface area contributed by atoms with Gasteiger partial charge in [-0.25, -0.2) is 8.78 Å². The molecule has 8 heteroatoms. The van der Waals surface area contributed by atoms with Crippen molar-refractivity contribution in [1.82, 2.24) is 14.9 Å². The van der Waals surface area contributed by atoms with E-state index in [-0.39, 0.29) is 34.3 Å². The lowest BCUT2D eigenvalue weighted by Crippen LogP contribution is -2.33. The van der Waals surface area contributed by atoms with Crippen molar-refractivity contribution in [2.75, 3.05) is 19.4 Å². The van der Waals surface area contributed by atoms with Crippen LogP contribution in [0.4, 0.5) is 8.78 Å². The van der Waals surface area contributed by atoms with E-state index in [0.29, 0.717) is 36.4 Å². The maximum Gasteiger partial charge on any atom is 0.260 e. The van der Waals surface area contributed by atoms with Gasteiger partial charge in [0.05, 0.1) is 29.4 Å². The van der Waals surface area contributed by atoms with Crippen molar-refractivity contribution in [3.63, 3.8) is 0 Å². The Kier molecular flexibility index (Phi) is 7.39. The molecule has 3 heterocycles. The normalized spacial score (nSPS) is 14.5. The minimum absolute atomic E-state index is 0.0698. The van der Waals surface area contributed by atoms with Crippen LogP contribution in [0.2, 0.25) is 0 Å². The van der Waals surface area contributed by atoms with Crippen LogP contribution in [-0.4, -0.2) is 29.0 Å².